The summed E-state index contributed by atoms with van der Waals surface area (Å²) in [6, 6.07) is 0. The van der Waals surface area contributed by atoms with Crippen LogP contribution in [0.25, 0.3) is 0 Å². The maximum absolute atomic E-state index is 5.88. The SMILES string of the molecule is CC(C)(C)[C@@H]1C[C@@H]2O[C@@H]2[C@@H]([Si](C)(C)C)C1. The van der Waals surface area contributed by atoms with E-state index >= 15 is 0 Å². The van der Waals surface area contributed by atoms with E-state index in [1.165, 1.54) is 12.8 Å². The molecule has 0 amide bonds. The number of hydrogen-bond acceptors (Lipinski definition) is 1. The second kappa shape index (κ2) is 3.33. The van der Waals surface area contributed by atoms with Crippen molar-refractivity contribution < 1.29 is 4.74 Å². The van der Waals surface area contributed by atoms with Crippen molar-refractivity contribution in [1.82, 2.24) is 0 Å². The zero-order valence-electron chi connectivity index (χ0n) is 11.1. The van der Waals surface area contributed by atoms with E-state index in [1.807, 2.05) is 0 Å². The zero-order valence-corrected chi connectivity index (χ0v) is 12.1. The number of ether oxygens (including phenoxy) is 1. The van der Waals surface area contributed by atoms with Gasteiger partial charge in [0, 0.05) is 0 Å². The first-order valence-electron chi connectivity index (χ1n) is 6.35. The van der Waals surface area contributed by atoms with Crippen molar-refractivity contribution in [3.05, 3.63) is 0 Å². The quantitative estimate of drug-likeness (QED) is 0.488. The highest BCUT2D eigenvalue weighted by atomic mass is 28.3. The van der Waals surface area contributed by atoms with Crippen LogP contribution in [0.2, 0.25) is 25.2 Å². The fourth-order valence-electron chi connectivity index (χ4n) is 3.07. The van der Waals surface area contributed by atoms with Crippen molar-refractivity contribution in [3.8, 4) is 0 Å². The Balaban J connectivity index is 2.10. The van der Waals surface area contributed by atoms with Crippen LogP contribution in [0.1, 0.15) is 33.6 Å². The molecule has 88 valence electrons. The van der Waals surface area contributed by atoms with Crippen molar-refractivity contribution >= 4 is 8.07 Å². The van der Waals surface area contributed by atoms with E-state index < -0.39 is 8.07 Å². The smallest absolute Gasteiger partial charge is 0.0846 e. The summed E-state index contributed by atoms with van der Waals surface area (Å²) in [6.45, 7) is 14.7. The molecule has 0 radical (unpaired) electrons. The van der Waals surface area contributed by atoms with Gasteiger partial charge < -0.3 is 4.74 Å². The average Bonchev–Trinajstić information content (AvgIpc) is 2.75. The number of fused-ring (bicyclic) bond motifs is 1. The molecule has 1 saturated carbocycles. The van der Waals surface area contributed by atoms with Crippen molar-refractivity contribution in [1.29, 1.82) is 0 Å². The van der Waals surface area contributed by atoms with Gasteiger partial charge in [-0.2, -0.15) is 0 Å². The Labute approximate surface area is 95.6 Å². The third-order valence-corrected chi connectivity index (χ3v) is 7.20. The van der Waals surface area contributed by atoms with Crippen LogP contribution in [-0.2, 0) is 4.74 Å². The molecule has 0 unspecified atom stereocenters. The first-order valence-corrected chi connectivity index (χ1v) is 9.93. The van der Waals surface area contributed by atoms with E-state index in [-0.39, 0.29) is 0 Å². The highest BCUT2D eigenvalue weighted by molar-refractivity contribution is 6.77. The van der Waals surface area contributed by atoms with Gasteiger partial charge in [0.05, 0.1) is 20.3 Å². The number of epoxide rings is 1. The minimum Gasteiger partial charge on any atom is -0.370 e. The fourth-order valence-corrected chi connectivity index (χ4v) is 5.34. The van der Waals surface area contributed by atoms with E-state index in [9.17, 15) is 0 Å². The van der Waals surface area contributed by atoms with Gasteiger partial charge in [-0.25, -0.2) is 0 Å². The third kappa shape index (κ3) is 2.31. The summed E-state index contributed by atoms with van der Waals surface area (Å²) in [7, 11) is -1.02. The predicted octanol–water partition coefficient (Wildman–Crippen LogP) is 3.92. The highest BCUT2D eigenvalue weighted by Gasteiger charge is 2.55. The lowest BCUT2D eigenvalue weighted by Gasteiger charge is -2.39. The van der Waals surface area contributed by atoms with Crippen LogP contribution in [0.5, 0.6) is 0 Å². The molecule has 0 aromatic carbocycles. The van der Waals surface area contributed by atoms with Crippen LogP contribution < -0.4 is 0 Å². The monoisotopic (exact) mass is 226 g/mol. The molecular formula is C13H26OSi. The molecule has 0 N–H and O–H groups in total. The second-order valence-corrected chi connectivity index (χ2v) is 13.1. The van der Waals surface area contributed by atoms with Gasteiger partial charge in [-0.15, -0.1) is 0 Å². The molecule has 0 aromatic heterocycles. The average molecular weight is 226 g/mol. The van der Waals surface area contributed by atoms with Gasteiger partial charge in [0.25, 0.3) is 0 Å². The lowest BCUT2D eigenvalue weighted by Crippen LogP contribution is -2.39. The zero-order chi connectivity index (χ0) is 11.4. The molecule has 1 aliphatic heterocycles. The Bertz CT molecular complexity index is 248. The van der Waals surface area contributed by atoms with Crippen LogP contribution in [-0.4, -0.2) is 20.3 Å². The topological polar surface area (TPSA) is 12.5 Å². The molecule has 15 heavy (non-hydrogen) atoms. The summed E-state index contributed by atoms with van der Waals surface area (Å²) in [5, 5.41) is 0. The van der Waals surface area contributed by atoms with E-state index in [1.54, 1.807) is 0 Å². The fraction of sp³-hybridized carbons (Fsp3) is 1.00. The van der Waals surface area contributed by atoms with Crippen LogP contribution in [0.3, 0.4) is 0 Å². The highest BCUT2D eigenvalue weighted by Crippen LogP contribution is 2.54. The maximum atomic E-state index is 5.88. The van der Waals surface area contributed by atoms with Crippen LogP contribution in [0, 0.1) is 11.3 Å². The van der Waals surface area contributed by atoms with Gasteiger partial charge >= 0.3 is 0 Å². The lowest BCUT2D eigenvalue weighted by molar-refractivity contribution is 0.189. The molecule has 2 fully saturated rings. The Hall–Kier alpha value is 0.177. The molecule has 1 aliphatic carbocycles. The van der Waals surface area contributed by atoms with Gasteiger partial charge in [0.15, 0.2) is 0 Å². The summed E-state index contributed by atoms with van der Waals surface area (Å²) in [6.07, 6.45) is 4.00. The Morgan fingerprint density at radius 2 is 1.67 bits per heavy atom. The summed E-state index contributed by atoms with van der Waals surface area (Å²) >= 11 is 0. The minimum absolute atomic E-state index is 0.467. The predicted molar refractivity (Wildman–Crippen MR) is 67.9 cm³/mol. The largest absolute Gasteiger partial charge is 0.370 e. The third-order valence-electron chi connectivity index (χ3n) is 4.41. The second-order valence-electron chi connectivity index (χ2n) is 7.65. The molecule has 0 spiro atoms. The van der Waals surface area contributed by atoms with Crippen LogP contribution in [0.15, 0.2) is 0 Å². The summed E-state index contributed by atoms with van der Waals surface area (Å²) in [5.41, 5.74) is 1.37. The van der Waals surface area contributed by atoms with Gasteiger partial charge in [0.2, 0.25) is 0 Å². The normalized spacial score (nSPS) is 41.2. The van der Waals surface area contributed by atoms with E-state index in [2.05, 4.69) is 40.4 Å². The molecule has 2 rings (SSSR count). The molecule has 1 heterocycles. The maximum Gasteiger partial charge on any atom is 0.0846 e. The molecule has 2 heteroatoms. The van der Waals surface area contributed by atoms with Crippen molar-refractivity contribution in [3.63, 3.8) is 0 Å². The van der Waals surface area contributed by atoms with Crippen LogP contribution >= 0.6 is 0 Å². The first kappa shape index (κ1) is 11.7. The van der Waals surface area contributed by atoms with E-state index in [0.717, 1.165) is 11.5 Å². The molecule has 2 aliphatic rings. The number of hydrogen-bond donors (Lipinski definition) is 0. The van der Waals surface area contributed by atoms with Gasteiger partial charge in [0.1, 0.15) is 0 Å². The van der Waals surface area contributed by atoms with Crippen molar-refractivity contribution in [2.45, 2.75) is 71.0 Å². The summed E-state index contributed by atoms with van der Waals surface area (Å²) in [4.78, 5) is 0. The minimum atomic E-state index is -1.02. The lowest BCUT2D eigenvalue weighted by atomic mass is 9.72. The van der Waals surface area contributed by atoms with Crippen molar-refractivity contribution in [2.24, 2.45) is 11.3 Å². The van der Waals surface area contributed by atoms with Gasteiger partial charge in [-0.3, -0.25) is 0 Å². The standard InChI is InChI=1S/C13H26OSi/c1-13(2,3)9-7-10-12(14-10)11(8-9)15(4,5)6/h9-12H,7-8H2,1-6H3/t9-,10+,11+,12+/m1/s1. The summed E-state index contributed by atoms with van der Waals surface area (Å²) in [5.74, 6) is 0.873. The van der Waals surface area contributed by atoms with Gasteiger partial charge in [-0.05, 0) is 29.7 Å². The van der Waals surface area contributed by atoms with E-state index in [4.69, 9.17) is 4.74 Å². The molecule has 1 saturated heterocycles. The summed E-state index contributed by atoms with van der Waals surface area (Å²) < 4.78 is 5.88. The molecular weight excluding hydrogens is 200 g/mol. The Morgan fingerprint density at radius 1 is 1.07 bits per heavy atom. The van der Waals surface area contributed by atoms with E-state index in [0.29, 0.717) is 17.6 Å². The molecule has 0 aromatic rings. The molecule has 0 bridgehead atoms. The molecule has 4 atom stereocenters. The molecule has 1 nitrogen and oxygen atoms in total. The number of rotatable bonds is 1. The van der Waals surface area contributed by atoms with Crippen LogP contribution in [0.4, 0.5) is 0 Å². The first-order chi connectivity index (χ1) is 6.69. The van der Waals surface area contributed by atoms with Gasteiger partial charge in [-0.1, -0.05) is 40.4 Å². The van der Waals surface area contributed by atoms with Crippen molar-refractivity contribution in [2.75, 3.05) is 0 Å². The Kier molecular flexibility index (Phi) is 2.59. The Morgan fingerprint density at radius 3 is 2.13 bits per heavy atom.